The highest BCUT2D eigenvalue weighted by molar-refractivity contribution is 6.00. The molecule has 2 bridgehead atoms. The molecule has 0 aromatic heterocycles. The molecule has 1 spiro atoms. The van der Waals surface area contributed by atoms with Crippen molar-refractivity contribution in [2.24, 2.45) is 11.3 Å². The van der Waals surface area contributed by atoms with Gasteiger partial charge in [-0.2, -0.15) is 13.2 Å². The number of piperidine rings is 1. The van der Waals surface area contributed by atoms with Crippen molar-refractivity contribution in [2.75, 3.05) is 19.6 Å². The van der Waals surface area contributed by atoms with E-state index in [4.69, 9.17) is 9.47 Å². The van der Waals surface area contributed by atoms with Gasteiger partial charge in [0.2, 0.25) is 5.72 Å². The van der Waals surface area contributed by atoms with Gasteiger partial charge in [0, 0.05) is 42.7 Å². The molecule has 1 aromatic rings. The second-order valence-electron chi connectivity index (χ2n) is 12.6. The van der Waals surface area contributed by atoms with Crippen molar-refractivity contribution in [2.45, 2.75) is 76.1 Å². The first kappa shape index (κ1) is 29.7. The topological polar surface area (TPSA) is 84.9 Å². The van der Waals surface area contributed by atoms with E-state index in [-0.39, 0.29) is 29.4 Å². The lowest BCUT2D eigenvalue weighted by Gasteiger charge is -2.62. The fraction of sp³-hybridized carbons (Fsp3) is 0.515. The number of ether oxygens (including phenoxy) is 2. The molecule has 3 fully saturated rings. The average Bonchev–Trinajstić information content (AvgIpc) is 3.29. The Morgan fingerprint density at radius 1 is 1.26 bits per heavy atom. The number of hydrogen-bond donors (Lipinski definition) is 2. The molecule has 3 unspecified atom stereocenters. The Morgan fingerprint density at radius 2 is 2.00 bits per heavy atom. The van der Waals surface area contributed by atoms with Gasteiger partial charge in [-0.15, -0.1) is 0 Å². The Balaban J connectivity index is 1.47. The predicted molar refractivity (Wildman–Crippen MR) is 153 cm³/mol. The van der Waals surface area contributed by atoms with E-state index in [0.29, 0.717) is 12.0 Å². The molecular weight excluding hydrogens is 561 g/mol. The maximum absolute atomic E-state index is 14.3. The lowest BCUT2D eigenvalue weighted by Crippen LogP contribution is -2.70. The number of alkyl halides is 3. The fourth-order valence-electron chi connectivity index (χ4n) is 9.00. The quantitative estimate of drug-likeness (QED) is 0.142. The van der Waals surface area contributed by atoms with Crippen molar-refractivity contribution >= 4 is 18.0 Å². The number of esters is 1. The summed E-state index contributed by atoms with van der Waals surface area (Å²) in [6, 6.07) is 7.91. The summed E-state index contributed by atoms with van der Waals surface area (Å²) in [5, 5.41) is 14.0. The summed E-state index contributed by atoms with van der Waals surface area (Å²) in [5.74, 6) is -2.29. The van der Waals surface area contributed by atoms with Gasteiger partial charge in [0.05, 0.1) is 31.8 Å². The third-order valence-corrected chi connectivity index (χ3v) is 10.6. The van der Waals surface area contributed by atoms with Crippen molar-refractivity contribution in [1.82, 2.24) is 5.32 Å². The largest absolute Gasteiger partial charge is 0.508 e. The average molecular weight is 600 g/mol. The molecular formula is C33H38F3N2O5+. The van der Waals surface area contributed by atoms with Crippen LogP contribution in [0.1, 0.15) is 51.5 Å². The first-order chi connectivity index (χ1) is 20.4. The minimum atomic E-state index is -5.01. The van der Waals surface area contributed by atoms with Crippen LogP contribution < -0.4 is 5.32 Å². The molecule has 5 aliphatic rings. The molecule has 3 aliphatic carbocycles. The van der Waals surface area contributed by atoms with Gasteiger partial charge < -0.3 is 24.4 Å². The molecule has 230 valence electrons. The van der Waals surface area contributed by atoms with Crippen LogP contribution in [0, 0.1) is 11.3 Å². The number of allylic oxidation sites excluding steroid dienone is 1. The highest BCUT2D eigenvalue weighted by atomic mass is 19.4. The van der Waals surface area contributed by atoms with Crippen molar-refractivity contribution in [1.29, 1.82) is 0 Å². The number of carbonyl (C=O) groups is 2. The molecule has 7 nitrogen and oxygen atoms in total. The van der Waals surface area contributed by atoms with Crippen LogP contribution in [-0.2, 0) is 19.1 Å². The normalized spacial score (nSPS) is 36.4. The number of amides is 1. The number of rotatable bonds is 7. The van der Waals surface area contributed by atoms with Crippen LogP contribution in [0.25, 0.3) is 6.08 Å². The SMILES string of the molecule is C=CC[N+]1(CC)CC[C@@]23C4=C5C[C@@H]1[C@@H]2CCC[C@@H]3OC4C(NC(=O)C(=Cc1ccccc1)C(F)(F)F)(OC(C)=O)C=C5O. The number of carbonyl (C=O) groups excluding carboxylic acids is 2. The molecule has 43 heavy (non-hydrogen) atoms. The van der Waals surface area contributed by atoms with E-state index < -0.39 is 40.9 Å². The number of quaternary nitrogens is 1. The second kappa shape index (κ2) is 10.4. The Morgan fingerprint density at radius 3 is 2.65 bits per heavy atom. The summed E-state index contributed by atoms with van der Waals surface area (Å²) >= 11 is 0. The molecule has 1 amide bonds. The van der Waals surface area contributed by atoms with E-state index in [0.717, 1.165) is 68.4 Å². The monoisotopic (exact) mass is 599 g/mol. The van der Waals surface area contributed by atoms with Crippen LogP contribution in [0.5, 0.6) is 0 Å². The van der Waals surface area contributed by atoms with Crippen LogP contribution in [0.15, 0.2) is 71.5 Å². The minimum Gasteiger partial charge on any atom is -0.508 e. The molecule has 0 radical (unpaired) electrons. The molecule has 2 saturated heterocycles. The Bertz CT molecular complexity index is 1440. The molecule has 6 rings (SSSR count). The Labute approximate surface area is 249 Å². The van der Waals surface area contributed by atoms with Crippen LogP contribution in [0.2, 0.25) is 0 Å². The van der Waals surface area contributed by atoms with Gasteiger partial charge in [-0.1, -0.05) is 43.3 Å². The lowest BCUT2D eigenvalue weighted by molar-refractivity contribution is -0.956. The summed E-state index contributed by atoms with van der Waals surface area (Å²) in [6.07, 6.45) is 1.46. The highest BCUT2D eigenvalue weighted by Gasteiger charge is 2.72. The van der Waals surface area contributed by atoms with Crippen molar-refractivity contribution in [3.8, 4) is 0 Å². The molecule has 1 saturated carbocycles. The number of halogens is 3. The van der Waals surface area contributed by atoms with E-state index in [1.165, 1.54) is 18.2 Å². The maximum atomic E-state index is 14.3. The third-order valence-electron chi connectivity index (χ3n) is 10.6. The molecule has 7 atom stereocenters. The van der Waals surface area contributed by atoms with Gasteiger partial charge in [0.1, 0.15) is 17.4 Å². The minimum absolute atomic E-state index is 0.181. The van der Waals surface area contributed by atoms with Gasteiger partial charge in [-0.3, -0.25) is 9.59 Å². The number of hydrogen-bond acceptors (Lipinski definition) is 5. The molecule has 1 aromatic carbocycles. The number of benzene rings is 1. The smallest absolute Gasteiger partial charge is 0.421 e. The van der Waals surface area contributed by atoms with Gasteiger partial charge in [-0.05, 0) is 43.1 Å². The zero-order valence-electron chi connectivity index (χ0n) is 24.5. The van der Waals surface area contributed by atoms with Crippen LogP contribution in [0.3, 0.4) is 0 Å². The number of aliphatic hydroxyl groups is 1. The molecule has 2 aliphatic heterocycles. The lowest BCUT2D eigenvalue weighted by atomic mass is 9.49. The first-order valence-electron chi connectivity index (χ1n) is 15.0. The van der Waals surface area contributed by atoms with Gasteiger partial charge in [-0.25, -0.2) is 0 Å². The van der Waals surface area contributed by atoms with Crippen molar-refractivity contribution in [3.63, 3.8) is 0 Å². The highest BCUT2D eigenvalue weighted by Crippen LogP contribution is 2.68. The molecule has 2 N–H and O–H groups in total. The number of aliphatic hydroxyl groups excluding tert-OH is 1. The number of likely N-dealkylation sites (N-methyl/N-ethyl adjacent to an activating group) is 1. The number of nitrogens with zero attached hydrogens (tertiary/aromatic N) is 1. The van der Waals surface area contributed by atoms with E-state index in [2.05, 4.69) is 18.8 Å². The van der Waals surface area contributed by atoms with E-state index >= 15 is 0 Å². The van der Waals surface area contributed by atoms with E-state index in [9.17, 15) is 27.9 Å². The summed E-state index contributed by atoms with van der Waals surface area (Å²) in [4.78, 5) is 26.1. The van der Waals surface area contributed by atoms with Crippen molar-refractivity contribution < 1.29 is 41.8 Å². The number of nitrogens with one attached hydrogen (secondary N) is 1. The predicted octanol–water partition coefficient (Wildman–Crippen LogP) is 5.51. The standard InChI is InChI=1S/C33H37F3N2O5/c1-4-15-38(5-2)16-14-31-23-12-9-13-27(31)42-29-28(31)22(18-25(23)38)26(40)19-32(29,43-20(3)39)37-30(41)24(33(34,35)36)17-21-10-7-6-8-11-21/h4,6-8,10-11,17,19,23,25,27,29H,1,5,9,12-16,18H2,2-3H3,(H-,37,40,41)/p+1/t23-,25+,27-,29?,31+,32?,38?/m0/s1. The summed E-state index contributed by atoms with van der Waals surface area (Å²) in [7, 11) is 0. The summed E-state index contributed by atoms with van der Waals surface area (Å²) < 4.78 is 56.1. The third kappa shape index (κ3) is 4.47. The van der Waals surface area contributed by atoms with Crippen LogP contribution >= 0.6 is 0 Å². The first-order valence-corrected chi connectivity index (χ1v) is 15.0. The Hall–Kier alpha value is -3.37. The summed E-state index contributed by atoms with van der Waals surface area (Å²) in [6.45, 7) is 9.90. The van der Waals surface area contributed by atoms with E-state index in [1.54, 1.807) is 18.2 Å². The van der Waals surface area contributed by atoms with Crippen molar-refractivity contribution in [3.05, 3.63) is 77.1 Å². The zero-order chi connectivity index (χ0) is 30.8. The van der Waals surface area contributed by atoms with E-state index in [1.807, 2.05) is 6.08 Å². The summed E-state index contributed by atoms with van der Waals surface area (Å²) in [5.41, 5.74) is -2.44. The molecule has 10 heteroatoms. The van der Waals surface area contributed by atoms with Gasteiger partial charge in [0.25, 0.3) is 5.91 Å². The van der Waals surface area contributed by atoms with Gasteiger partial charge >= 0.3 is 12.1 Å². The Kier molecular flexibility index (Phi) is 7.16. The van der Waals surface area contributed by atoms with Crippen LogP contribution in [0.4, 0.5) is 13.2 Å². The zero-order valence-corrected chi connectivity index (χ0v) is 24.5. The fourth-order valence-corrected chi connectivity index (χ4v) is 9.00. The van der Waals surface area contributed by atoms with Gasteiger partial charge in [0.15, 0.2) is 0 Å². The van der Waals surface area contributed by atoms with Crippen LogP contribution in [-0.4, -0.2) is 71.3 Å². The number of likely N-dealkylation sites (tertiary alicyclic amines) is 1. The second-order valence-corrected chi connectivity index (χ2v) is 12.6. The maximum Gasteiger partial charge on any atom is 0.421 e. The molecule has 2 heterocycles.